The number of amides is 1. The number of carbonyl (C=O) groups excluding carboxylic acids is 1. The highest BCUT2D eigenvalue weighted by atomic mass is 16.4. The number of aliphatic carboxylic acids is 1. The lowest BCUT2D eigenvalue weighted by atomic mass is 9.81. The fourth-order valence-electron chi connectivity index (χ4n) is 3.23. The summed E-state index contributed by atoms with van der Waals surface area (Å²) in [5, 5.41) is 16.4. The molecule has 0 radical (unpaired) electrons. The number of nitrogens with zero attached hydrogens (tertiary/aromatic N) is 2. The van der Waals surface area contributed by atoms with Crippen LogP contribution in [-0.2, 0) is 16.0 Å². The van der Waals surface area contributed by atoms with Crippen LogP contribution in [0.2, 0.25) is 0 Å². The molecule has 0 atom stereocenters. The SMILES string of the molecule is O=C(Cc1ccc(-n2cccn2)cc1)NC1(C(=O)O)CCCCC1. The van der Waals surface area contributed by atoms with Gasteiger partial charge in [-0.25, -0.2) is 9.48 Å². The zero-order valence-corrected chi connectivity index (χ0v) is 13.4. The smallest absolute Gasteiger partial charge is 0.329 e. The summed E-state index contributed by atoms with van der Waals surface area (Å²) in [7, 11) is 0. The molecule has 2 aromatic rings. The third-order valence-electron chi connectivity index (χ3n) is 4.57. The van der Waals surface area contributed by atoms with Crippen LogP contribution >= 0.6 is 0 Å². The van der Waals surface area contributed by atoms with Gasteiger partial charge in [-0.15, -0.1) is 0 Å². The Bertz CT molecular complexity index is 702. The molecule has 126 valence electrons. The van der Waals surface area contributed by atoms with Gasteiger partial charge in [0.1, 0.15) is 5.54 Å². The van der Waals surface area contributed by atoms with Gasteiger partial charge in [-0.1, -0.05) is 31.4 Å². The minimum atomic E-state index is -1.09. The van der Waals surface area contributed by atoms with E-state index in [0.717, 1.165) is 30.5 Å². The van der Waals surface area contributed by atoms with E-state index in [0.29, 0.717) is 12.8 Å². The largest absolute Gasteiger partial charge is 0.480 e. The number of carboxylic acid groups (broad SMARTS) is 1. The van der Waals surface area contributed by atoms with Crippen molar-refractivity contribution in [3.8, 4) is 5.69 Å². The number of benzene rings is 1. The maximum absolute atomic E-state index is 12.3. The summed E-state index contributed by atoms with van der Waals surface area (Å²) >= 11 is 0. The Balaban J connectivity index is 1.65. The first-order valence-electron chi connectivity index (χ1n) is 8.22. The summed E-state index contributed by atoms with van der Waals surface area (Å²) < 4.78 is 1.74. The van der Waals surface area contributed by atoms with Crippen LogP contribution < -0.4 is 5.32 Å². The van der Waals surface area contributed by atoms with Crippen molar-refractivity contribution < 1.29 is 14.7 Å². The van der Waals surface area contributed by atoms with Gasteiger partial charge in [0.2, 0.25) is 5.91 Å². The van der Waals surface area contributed by atoms with E-state index >= 15 is 0 Å². The zero-order valence-electron chi connectivity index (χ0n) is 13.4. The van der Waals surface area contributed by atoms with Crippen LogP contribution in [0, 0.1) is 0 Å². The summed E-state index contributed by atoms with van der Waals surface area (Å²) in [5.41, 5.74) is 0.669. The minimum absolute atomic E-state index is 0.175. The third kappa shape index (κ3) is 3.48. The van der Waals surface area contributed by atoms with Gasteiger partial charge in [0.25, 0.3) is 0 Å². The second-order valence-corrected chi connectivity index (χ2v) is 6.29. The molecule has 0 bridgehead atoms. The standard InChI is InChI=1S/C18H21N3O3/c22-16(20-18(17(23)24)9-2-1-3-10-18)13-14-5-7-15(8-6-14)21-12-4-11-19-21/h4-8,11-12H,1-3,9-10,13H2,(H,20,22)(H,23,24). The lowest BCUT2D eigenvalue weighted by Gasteiger charge is -2.34. The average Bonchev–Trinajstić information content (AvgIpc) is 3.10. The number of carboxylic acids is 1. The molecule has 1 aromatic carbocycles. The van der Waals surface area contributed by atoms with Gasteiger partial charge in [-0.05, 0) is 36.6 Å². The third-order valence-corrected chi connectivity index (χ3v) is 4.57. The highest BCUT2D eigenvalue weighted by Gasteiger charge is 2.40. The van der Waals surface area contributed by atoms with Gasteiger partial charge in [0, 0.05) is 12.4 Å². The average molecular weight is 327 g/mol. The first-order valence-corrected chi connectivity index (χ1v) is 8.22. The predicted octanol–water partition coefficient (Wildman–Crippen LogP) is 2.32. The Morgan fingerprint density at radius 2 is 1.88 bits per heavy atom. The molecule has 1 aliphatic carbocycles. The number of hydrogen-bond donors (Lipinski definition) is 2. The fourth-order valence-corrected chi connectivity index (χ4v) is 3.23. The van der Waals surface area contributed by atoms with Crippen molar-refractivity contribution in [2.24, 2.45) is 0 Å². The van der Waals surface area contributed by atoms with Crippen molar-refractivity contribution in [3.63, 3.8) is 0 Å². The summed E-state index contributed by atoms with van der Waals surface area (Å²) in [6.07, 6.45) is 7.45. The predicted molar refractivity (Wildman–Crippen MR) is 88.9 cm³/mol. The fraction of sp³-hybridized carbons (Fsp3) is 0.389. The second-order valence-electron chi connectivity index (χ2n) is 6.29. The lowest BCUT2D eigenvalue weighted by Crippen LogP contribution is -2.55. The van der Waals surface area contributed by atoms with Gasteiger partial charge in [0.05, 0.1) is 12.1 Å². The molecule has 1 saturated carbocycles. The number of aromatic nitrogens is 2. The van der Waals surface area contributed by atoms with Crippen LogP contribution in [0.4, 0.5) is 0 Å². The molecule has 0 spiro atoms. The molecule has 0 aliphatic heterocycles. The maximum atomic E-state index is 12.3. The van der Waals surface area contributed by atoms with E-state index < -0.39 is 11.5 Å². The Morgan fingerprint density at radius 3 is 2.46 bits per heavy atom. The first-order chi connectivity index (χ1) is 11.6. The van der Waals surface area contributed by atoms with Crippen molar-refractivity contribution in [1.82, 2.24) is 15.1 Å². The highest BCUT2D eigenvalue weighted by molar-refractivity contribution is 5.88. The van der Waals surface area contributed by atoms with Gasteiger partial charge in [-0.3, -0.25) is 4.79 Å². The number of carbonyl (C=O) groups is 2. The van der Waals surface area contributed by atoms with Crippen LogP contribution in [0.3, 0.4) is 0 Å². The topological polar surface area (TPSA) is 84.2 Å². The van der Waals surface area contributed by atoms with E-state index in [9.17, 15) is 14.7 Å². The summed E-state index contributed by atoms with van der Waals surface area (Å²) in [4.78, 5) is 23.9. The number of nitrogens with one attached hydrogen (secondary N) is 1. The van der Waals surface area contributed by atoms with E-state index in [-0.39, 0.29) is 12.3 Å². The van der Waals surface area contributed by atoms with Crippen molar-refractivity contribution in [1.29, 1.82) is 0 Å². The number of rotatable bonds is 5. The molecule has 1 aliphatic rings. The first kappa shape index (κ1) is 16.2. The Kier molecular flexibility index (Phi) is 4.64. The van der Waals surface area contributed by atoms with E-state index in [1.807, 2.05) is 36.5 Å². The Morgan fingerprint density at radius 1 is 1.17 bits per heavy atom. The van der Waals surface area contributed by atoms with E-state index in [1.165, 1.54) is 0 Å². The van der Waals surface area contributed by atoms with Crippen molar-refractivity contribution >= 4 is 11.9 Å². The van der Waals surface area contributed by atoms with Crippen LogP contribution in [-0.4, -0.2) is 32.3 Å². The Hall–Kier alpha value is -2.63. The van der Waals surface area contributed by atoms with Gasteiger partial charge in [-0.2, -0.15) is 5.10 Å². The Labute approximate surface area is 140 Å². The molecule has 6 nitrogen and oxygen atoms in total. The van der Waals surface area contributed by atoms with Gasteiger partial charge < -0.3 is 10.4 Å². The molecular weight excluding hydrogens is 306 g/mol. The van der Waals surface area contributed by atoms with Crippen LogP contribution in [0.5, 0.6) is 0 Å². The summed E-state index contributed by atoms with van der Waals surface area (Å²) in [5.74, 6) is -1.17. The zero-order chi connectivity index (χ0) is 17.0. The second kappa shape index (κ2) is 6.86. The van der Waals surface area contributed by atoms with Gasteiger partial charge >= 0.3 is 5.97 Å². The molecule has 1 fully saturated rings. The summed E-state index contributed by atoms with van der Waals surface area (Å²) in [6, 6.07) is 9.36. The van der Waals surface area contributed by atoms with E-state index in [2.05, 4.69) is 10.4 Å². The van der Waals surface area contributed by atoms with E-state index in [1.54, 1.807) is 10.9 Å². The van der Waals surface area contributed by atoms with Crippen molar-refractivity contribution in [2.75, 3.05) is 0 Å². The molecular formula is C18H21N3O3. The molecule has 2 N–H and O–H groups in total. The molecule has 1 aromatic heterocycles. The summed E-state index contributed by atoms with van der Waals surface area (Å²) in [6.45, 7) is 0. The lowest BCUT2D eigenvalue weighted by molar-refractivity contribution is -0.149. The molecule has 1 heterocycles. The molecule has 0 unspecified atom stereocenters. The number of hydrogen-bond acceptors (Lipinski definition) is 3. The van der Waals surface area contributed by atoms with Crippen LogP contribution in [0.1, 0.15) is 37.7 Å². The molecule has 0 saturated heterocycles. The van der Waals surface area contributed by atoms with E-state index in [4.69, 9.17) is 0 Å². The molecule has 1 amide bonds. The van der Waals surface area contributed by atoms with Crippen LogP contribution in [0.15, 0.2) is 42.7 Å². The highest BCUT2D eigenvalue weighted by Crippen LogP contribution is 2.28. The molecule has 6 heteroatoms. The van der Waals surface area contributed by atoms with Crippen molar-refractivity contribution in [2.45, 2.75) is 44.1 Å². The molecule has 3 rings (SSSR count). The van der Waals surface area contributed by atoms with Crippen LogP contribution in [0.25, 0.3) is 5.69 Å². The monoisotopic (exact) mass is 327 g/mol. The maximum Gasteiger partial charge on any atom is 0.329 e. The normalized spacial score (nSPS) is 16.5. The molecule has 24 heavy (non-hydrogen) atoms. The minimum Gasteiger partial charge on any atom is -0.480 e. The van der Waals surface area contributed by atoms with Gasteiger partial charge in [0.15, 0.2) is 0 Å². The quantitative estimate of drug-likeness (QED) is 0.882. The van der Waals surface area contributed by atoms with Crippen molar-refractivity contribution in [3.05, 3.63) is 48.3 Å².